The number of nitrogens with zero attached hydrogens (tertiary/aromatic N) is 2. The van der Waals surface area contributed by atoms with Gasteiger partial charge in [-0.1, -0.05) is 0 Å². The molecule has 1 atom stereocenters. The second-order valence-corrected chi connectivity index (χ2v) is 2.85. The minimum absolute atomic E-state index is 0.356. The van der Waals surface area contributed by atoms with Crippen LogP contribution >= 0.6 is 11.6 Å². The van der Waals surface area contributed by atoms with Crippen molar-refractivity contribution in [2.24, 2.45) is 0 Å². The first-order valence-corrected chi connectivity index (χ1v) is 3.96. The van der Waals surface area contributed by atoms with Crippen molar-refractivity contribution in [3.05, 3.63) is 17.7 Å². The number of nitrogens with one attached hydrogen (secondary N) is 1. The van der Waals surface area contributed by atoms with Crippen molar-refractivity contribution in [3.8, 4) is 0 Å². The van der Waals surface area contributed by atoms with Gasteiger partial charge in [-0.3, -0.25) is 0 Å². The molecule has 4 heteroatoms. The molecule has 3 nitrogen and oxygen atoms in total. The van der Waals surface area contributed by atoms with Crippen LogP contribution in [0.5, 0.6) is 0 Å². The number of rotatable bonds is 3. The first-order chi connectivity index (χ1) is 5.25. The minimum Gasteiger partial charge on any atom is -0.318 e. The molecule has 62 valence electrons. The van der Waals surface area contributed by atoms with Crippen LogP contribution in [-0.4, -0.2) is 23.1 Å². The molecule has 11 heavy (non-hydrogen) atoms. The maximum atomic E-state index is 5.79. The van der Waals surface area contributed by atoms with Gasteiger partial charge >= 0.3 is 0 Å². The Morgan fingerprint density at radius 3 is 3.00 bits per heavy atom. The maximum absolute atomic E-state index is 5.79. The lowest BCUT2D eigenvalue weighted by Gasteiger charge is -2.12. The predicted molar refractivity (Wildman–Crippen MR) is 45.9 cm³/mol. The van der Waals surface area contributed by atoms with Crippen LogP contribution in [0.3, 0.4) is 0 Å². The second kappa shape index (κ2) is 3.74. The number of imidazole rings is 1. The van der Waals surface area contributed by atoms with E-state index in [2.05, 4.69) is 17.2 Å². The first-order valence-electron chi connectivity index (χ1n) is 3.58. The van der Waals surface area contributed by atoms with E-state index in [9.17, 15) is 0 Å². The van der Waals surface area contributed by atoms with Crippen LogP contribution in [0, 0.1) is 0 Å². The number of hydrogen-bond donors (Lipinski definition) is 1. The van der Waals surface area contributed by atoms with E-state index in [0.29, 0.717) is 11.3 Å². The Labute approximate surface area is 71.4 Å². The summed E-state index contributed by atoms with van der Waals surface area (Å²) in [5, 5.41) is 3.62. The normalized spacial score (nSPS) is 13.4. The number of likely N-dealkylation sites (N-methyl/N-ethyl adjacent to an activating group) is 1. The molecular weight excluding hydrogens is 162 g/mol. The minimum atomic E-state index is 0.356. The summed E-state index contributed by atoms with van der Waals surface area (Å²) in [5.74, 6) is 0. The van der Waals surface area contributed by atoms with Gasteiger partial charge in [0.1, 0.15) is 0 Å². The molecule has 0 saturated heterocycles. The summed E-state index contributed by atoms with van der Waals surface area (Å²) in [6.45, 7) is 2.99. The lowest BCUT2D eigenvalue weighted by Crippen LogP contribution is -2.19. The summed E-state index contributed by atoms with van der Waals surface area (Å²) in [4.78, 5) is 3.92. The van der Waals surface area contributed by atoms with E-state index < -0.39 is 0 Å². The van der Waals surface area contributed by atoms with Gasteiger partial charge in [0.15, 0.2) is 0 Å². The summed E-state index contributed by atoms with van der Waals surface area (Å²) in [5.41, 5.74) is 0. The molecule has 1 N–H and O–H groups in total. The maximum Gasteiger partial charge on any atom is 0.202 e. The fourth-order valence-corrected chi connectivity index (χ4v) is 1.30. The van der Waals surface area contributed by atoms with Gasteiger partial charge in [0.25, 0.3) is 0 Å². The second-order valence-electron chi connectivity index (χ2n) is 2.51. The van der Waals surface area contributed by atoms with Crippen molar-refractivity contribution in [1.29, 1.82) is 0 Å². The third-order valence-corrected chi connectivity index (χ3v) is 1.89. The van der Waals surface area contributed by atoms with E-state index in [-0.39, 0.29) is 0 Å². The molecular formula is C7H12ClN3. The lowest BCUT2D eigenvalue weighted by molar-refractivity contribution is 0.518. The van der Waals surface area contributed by atoms with Gasteiger partial charge in [0, 0.05) is 25.0 Å². The van der Waals surface area contributed by atoms with Gasteiger partial charge in [0.2, 0.25) is 5.28 Å². The molecule has 0 aliphatic carbocycles. The molecule has 0 saturated carbocycles. The Morgan fingerprint density at radius 2 is 2.55 bits per heavy atom. The van der Waals surface area contributed by atoms with Crippen molar-refractivity contribution in [2.45, 2.75) is 13.0 Å². The Balaban J connectivity index is 2.67. The van der Waals surface area contributed by atoms with E-state index in [1.54, 1.807) is 6.20 Å². The molecule has 0 fully saturated rings. The predicted octanol–water partition coefficient (Wildman–Crippen LogP) is 1.32. The highest BCUT2D eigenvalue weighted by Gasteiger charge is 2.05. The molecule has 0 radical (unpaired) electrons. The Bertz CT molecular complexity index is 221. The third-order valence-electron chi connectivity index (χ3n) is 1.60. The zero-order valence-corrected chi connectivity index (χ0v) is 7.47. The van der Waals surface area contributed by atoms with E-state index in [1.165, 1.54) is 0 Å². The van der Waals surface area contributed by atoms with Crippen LogP contribution in [0.15, 0.2) is 12.4 Å². The van der Waals surface area contributed by atoms with Gasteiger partial charge in [0.05, 0.1) is 0 Å². The topological polar surface area (TPSA) is 29.9 Å². The Morgan fingerprint density at radius 1 is 1.82 bits per heavy atom. The number of halogens is 1. The van der Waals surface area contributed by atoms with Crippen LogP contribution in [0.2, 0.25) is 5.28 Å². The van der Waals surface area contributed by atoms with Crippen LogP contribution in [0.1, 0.15) is 13.0 Å². The first kappa shape index (κ1) is 8.56. The van der Waals surface area contributed by atoms with Crippen LogP contribution < -0.4 is 5.32 Å². The molecule has 1 unspecified atom stereocenters. The van der Waals surface area contributed by atoms with E-state index in [1.807, 2.05) is 17.8 Å². The molecule has 0 bridgehead atoms. The summed E-state index contributed by atoms with van der Waals surface area (Å²) >= 11 is 5.79. The van der Waals surface area contributed by atoms with Crippen LogP contribution in [-0.2, 0) is 0 Å². The quantitative estimate of drug-likeness (QED) is 0.747. The summed E-state index contributed by atoms with van der Waals surface area (Å²) in [6, 6.07) is 0.356. The van der Waals surface area contributed by atoms with Crippen molar-refractivity contribution in [1.82, 2.24) is 14.9 Å². The Hall–Kier alpha value is -0.540. The molecule has 0 aliphatic rings. The smallest absolute Gasteiger partial charge is 0.202 e. The molecule has 0 spiro atoms. The summed E-state index contributed by atoms with van der Waals surface area (Å²) < 4.78 is 1.93. The van der Waals surface area contributed by atoms with E-state index in [4.69, 9.17) is 11.6 Å². The fourth-order valence-electron chi connectivity index (χ4n) is 1.02. The van der Waals surface area contributed by atoms with E-state index >= 15 is 0 Å². The zero-order valence-electron chi connectivity index (χ0n) is 6.71. The standard InChI is InChI=1S/C7H12ClN3/c1-6(5-9-2)11-4-3-10-7(11)8/h3-4,6,9H,5H2,1-2H3. The van der Waals surface area contributed by atoms with Crippen LogP contribution in [0.4, 0.5) is 0 Å². The highest BCUT2D eigenvalue weighted by atomic mass is 35.5. The average molecular weight is 174 g/mol. The zero-order chi connectivity index (χ0) is 8.27. The van der Waals surface area contributed by atoms with Crippen LogP contribution in [0.25, 0.3) is 0 Å². The van der Waals surface area contributed by atoms with Crippen molar-refractivity contribution in [3.63, 3.8) is 0 Å². The fraction of sp³-hybridized carbons (Fsp3) is 0.571. The molecule has 0 aliphatic heterocycles. The monoisotopic (exact) mass is 173 g/mol. The molecule has 1 aromatic heterocycles. The van der Waals surface area contributed by atoms with Gasteiger partial charge in [-0.25, -0.2) is 4.98 Å². The van der Waals surface area contributed by atoms with Gasteiger partial charge in [-0.05, 0) is 25.6 Å². The highest BCUT2D eigenvalue weighted by Crippen LogP contribution is 2.11. The van der Waals surface area contributed by atoms with Crippen molar-refractivity contribution < 1.29 is 0 Å². The summed E-state index contributed by atoms with van der Waals surface area (Å²) in [6.07, 6.45) is 3.58. The van der Waals surface area contributed by atoms with Gasteiger partial charge < -0.3 is 9.88 Å². The van der Waals surface area contributed by atoms with Crippen molar-refractivity contribution in [2.75, 3.05) is 13.6 Å². The highest BCUT2D eigenvalue weighted by molar-refractivity contribution is 6.28. The number of hydrogen-bond acceptors (Lipinski definition) is 2. The molecule has 1 aromatic rings. The molecule has 0 amide bonds. The SMILES string of the molecule is CNCC(C)n1ccnc1Cl. The van der Waals surface area contributed by atoms with Crippen molar-refractivity contribution >= 4 is 11.6 Å². The van der Waals surface area contributed by atoms with E-state index in [0.717, 1.165) is 6.54 Å². The number of aromatic nitrogens is 2. The van der Waals surface area contributed by atoms with Gasteiger partial charge in [-0.15, -0.1) is 0 Å². The molecule has 0 aromatic carbocycles. The third kappa shape index (κ3) is 1.94. The largest absolute Gasteiger partial charge is 0.318 e. The van der Waals surface area contributed by atoms with Gasteiger partial charge in [-0.2, -0.15) is 0 Å². The molecule has 1 rings (SSSR count). The summed E-state index contributed by atoms with van der Waals surface area (Å²) in [7, 11) is 1.92. The lowest BCUT2D eigenvalue weighted by atomic mass is 10.3. The Kier molecular flexibility index (Phi) is 2.91. The average Bonchev–Trinajstić information content (AvgIpc) is 2.36. The molecule has 1 heterocycles.